The van der Waals surface area contributed by atoms with Gasteiger partial charge < -0.3 is 10.3 Å². The molecule has 0 saturated heterocycles. The van der Waals surface area contributed by atoms with Crippen LogP contribution in [0.25, 0.3) is 11.0 Å². The zero-order valence-corrected chi connectivity index (χ0v) is 13.0. The normalized spacial score (nSPS) is 12.3. The van der Waals surface area contributed by atoms with E-state index in [4.69, 9.17) is 11.6 Å². The number of fused-ring (bicyclic) bond motifs is 1. The fraction of sp³-hybridized carbons (Fsp3) is 0.188. The smallest absolute Gasteiger partial charge is 0.272 e. The molecule has 0 amide bonds. The molecule has 3 rings (SSSR count). The van der Waals surface area contributed by atoms with Gasteiger partial charge in [-0.05, 0) is 44.2 Å². The fourth-order valence-corrected chi connectivity index (χ4v) is 2.44. The molecule has 6 heteroatoms. The van der Waals surface area contributed by atoms with Crippen molar-refractivity contribution in [3.63, 3.8) is 0 Å². The fourth-order valence-electron chi connectivity index (χ4n) is 2.28. The molecule has 0 radical (unpaired) electrons. The first-order valence-electron chi connectivity index (χ1n) is 6.92. The minimum atomic E-state index is -0.276. The number of halogens is 1. The van der Waals surface area contributed by atoms with Gasteiger partial charge in [0.2, 0.25) is 0 Å². The number of aromatic amines is 1. The third-order valence-electron chi connectivity index (χ3n) is 3.34. The number of benzene rings is 1. The molecule has 0 fully saturated rings. The van der Waals surface area contributed by atoms with Crippen LogP contribution in [0.4, 0.5) is 5.82 Å². The summed E-state index contributed by atoms with van der Waals surface area (Å²) in [6.45, 7) is 3.79. The van der Waals surface area contributed by atoms with Crippen LogP contribution in [0.3, 0.4) is 0 Å². The zero-order chi connectivity index (χ0) is 15.7. The van der Waals surface area contributed by atoms with E-state index < -0.39 is 0 Å². The van der Waals surface area contributed by atoms with E-state index in [2.05, 4.69) is 20.3 Å². The first kappa shape index (κ1) is 14.5. The highest BCUT2D eigenvalue weighted by Gasteiger charge is 2.13. The van der Waals surface area contributed by atoms with Crippen LogP contribution >= 0.6 is 11.6 Å². The molecule has 22 heavy (non-hydrogen) atoms. The Balaban J connectivity index is 1.98. The maximum absolute atomic E-state index is 12.2. The van der Waals surface area contributed by atoms with Crippen molar-refractivity contribution in [3.8, 4) is 0 Å². The maximum atomic E-state index is 12.2. The Morgan fingerprint density at radius 3 is 2.82 bits per heavy atom. The third kappa shape index (κ3) is 2.94. The molecule has 0 spiro atoms. The van der Waals surface area contributed by atoms with Crippen molar-refractivity contribution in [2.45, 2.75) is 19.9 Å². The maximum Gasteiger partial charge on any atom is 0.272 e. The number of nitrogens with zero attached hydrogens (tertiary/aromatic N) is 2. The lowest BCUT2D eigenvalue weighted by atomic mass is 10.2. The molecule has 3 aromatic rings. The number of hydrogen-bond acceptors (Lipinski definition) is 4. The lowest BCUT2D eigenvalue weighted by molar-refractivity contribution is 0.815. The number of rotatable bonds is 3. The third-order valence-corrected chi connectivity index (χ3v) is 3.58. The van der Waals surface area contributed by atoms with Crippen molar-refractivity contribution in [1.82, 2.24) is 15.0 Å². The predicted octanol–water partition coefficient (Wildman–Crippen LogP) is 3.45. The summed E-state index contributed by atoms with van der Waals surface area (Å²) in [7, 11) is 0. The Bertz CT molecular complexity index is 891. The number of H-pyrrole nitrogens is 1. The van der Waals surface area contributed by atoms with E-state index in [1.165, 1.54) is 0 Å². The molecule has 0 saturated carbocycles. The van der Waals surface area contributed by atoms with E-state index in [1.54, 1.807) is 18.2 Å². The van der Waals surface area contributed by atoms with Gasteiger partial charge in [0, 0.05) is 10.7 Å². The minimum absolute atomic E-state index is 0.220. The number of aryl methyl sites for hydroxylation is 1. The average Bonchev–Trinajstić information content (AvgIpc) is 2.47. The minimum Gasteiger partial charge on any atom is -0.362 e. The lowest BCUT2D eigenvalue weighted by Gasteiger charge is -2.14. The van der Waals surface area contributed by atoms with Gasteiger partial charge in [-0.1, -0.05) is 17.7 Å². The van der Waals surface area contributed by atoms with Gasteiger partial charge in [-0.25, -0.2) is 9.97 Å². The SMILES string of the molecule is Cc1cccc(N[C@@H](C)c2nc3cc(Cl)ccc3[nH]c2=O)n1. The second-order valence-electron chi connectivity index (χ2n) is 5.14. The van der Waals surface area contributed by atoms with Gasteiger partial charge in [0.15, 0.2) is 0 Å². The van der Waals surface area contributed by atoms with Crippen molar-refractivity contribution in [3.05, 3.63) is 63.2 Å². The van der Waals surface area contributed by atoms with Gasteiger partial charge in [-0.15, -0.1) is 0 Å². The molecule has 0 aliphatic carbocycles. The molecule has 0 aliphatic heterocycles. The van der Waals surface area contributed by atoms with Crippen molar-refractivity contribution in [1.29, 1.82) is 0 Å². The van der Waals surface area contributed by atoms with Crippen molar-refractivity contribution >= 4 is 28.5 Å². The highest BCUT2D eigenvalue weighted by atomic mass is 35.5. The lowest BCUT2D eigenvalue weighted by Crippen LogP contribution is -2.22. The van der Waals surface area contributed by atoms with Crippen molar-refractivity contribution in [2.24, 2.45) is 0 Å². The van der Waals surface area contributed by atoms with Crippen LogP contribution in [0.5, 0.6) is 0 Å². The van der Waals surface area contributed by atoms with E-state index >= 15 is 0 Å². The molecular weight excluding hydrogens is 300 g/mol. The Morgan fingerprint density at radius 2 is 2.05 bits per heavy atom. The molecule has 1 aromatic carbocycles. The zero-order valence-electron chi connectivity index (χ0n) is 12.2. The van der Waals surface area contributed by atoms with Crippen LogP contribution in [0, 0.1) is 6.92 Å². The largest absolute Gasteiger partial charge is 0.362 e. The summed E-state index contributed by atoms with van der Waals surface area (Å²) in [5.74, 6) is 0.708. The van der Waals surface area contributed by atoms with Crippen LogP contribution < -0.4 is 10.9 Å². The molecule has 0 aliphatic rings. The molecule has 2 aromatic heterocycles. The molecule has 0 unspecified atom stereocenters. The number of pyridine rings is 1. The summed E-state index contributed by atoms with van der Waals surface area (Å²) in [5, 5.41) is 3.77. The summed E-state index contributed by atoms with van der Waals surface area (Å²) in [4.78, 5) is 23.8. The summed E-state index contributed by atoms with van der Waals surface area (Å²) in [5.41, 5.74) is 2.41. The van der Waals surface area contributed by atoms with Crippen LogP contribution in [-0.2, 0) is 0 Å². The number of hydrogen-bond donors (Lipinski definition) is 2. The average molecular weight is 315 g/mol. The van der Waals surface area contributed by atoms with Crippen molar-refractivity contribution < 1.29 is 0 Å². The highest BCUT2D eigenvalue weighted by Crippen LogP contribution is 2.18. The summed E-state index contributed by atoms with van der Waals surface area (Å²) in [6.07, 6.45) is 0. The van der Waals surface area contributed by atoms with Crippen LogP contribution in [0.2, 0.25) is 5.02 Å². The quantitative estimate of drug-likeness (QED) is 0.776. The topological polar surface area (TPSA) is 70.7 Å². The second kappa shape index (κ2) is 5.77. The van der Waals surface area contributed by atoms with E-state index in [0.29, 0.717) is 27.6 Å². The summed E-state index contributed by atoms with van der Waals surface area (Å²) in [6, 6.07) is 10.6. The van der Waals surface area contributed by atoms with E-state index in [1.807, 2.05) is 32.0 Å². The van der Waals surface area contributed by atoms with Gasteiger partial charge >= 0.3 is 0 Å². The van der Waals surface area contributed by atoms with Gasteiger partial charge in [0.25, 0.3) is 5.56 Å². The molecular formula is C16H15ClN4O. The standard InChI is InChI=1S/C16H15ClN4O/c1-9-4-3-5-14(18-9)19-10(2)15-16(22)21-12-7-6-11(17)8-13(12)20-15/h3-8,10H,1-2H3,(H,18,19)(H,21,22)/t10-/m0/s1. The Labute approximate surface area is 132 Å². The molecule has 0 bridgehead atoms. The highest BCUT2D eigenvalue weighted by molar-refractivity contribution is 6.31. The summed E-state index contributed by atoms with van der Waals surface area (Å²) >= 11 is 5.98. The Hall–Kier alpha value is -2.40. The van der Waals surface area contributed by atoms with Gasteiger partial charge in [-0.2, -0.15) is 0 Å². The van der Waals surface area contributed by atoms with Crippen LogP contribution in [0.1, 0.15) is 24.4 Å². The van der Waals surface area contributed by atoms with E-state index in [-0.39, 0.29) is 11.6 Å². The number of aromatic nitrogens is 3. The monoisotopic (exact) mass is 314 g/mol. The number of anilines is 1. The van der Waals surface area contributed by atoms with Gasteiger partial charge in [-0.3, -0.25) is 4.79 Å². The first-order chi connectivity index (χ1) is 10.5. The molecule has 1 atom stereocenters. The van der Waals surface area contributed by atoms with Crippen molar-refractivity contribution in [2.75, 3.05) is 5.32 Å². The summed E-state index contributed by atoms with van der Waals surface area (Å²) < 4.78 is 0. The number of nitrogens with one attached hydrogen (secondary N) is 2. The second-order valence-corrected chi connectivity index (χ2v) is 5.58. The molecule has 5 nitrogen and oxygen atoms in total. The first-order valence-corrected chi connectivity index (χ1v) is 7.30. The Kier molecular flexibility index (Phi) is 3.81. The Morgan fingerprint density at radius 1 is 1.23 bits per heavy atom. The van der Waals surface area contributed by atoms with E-state index in [9.17, 15) is 4.79 Å². The van der Waals surface area contributed by atoms with Gasteiger partial charge in [0.05, 0.1) is 17.1 Å². The molecule has 2 N–H and O–H groups in total. The van der Waals surface area contributed by atoms with Crippen LogP contribution in [-0.4, -0.2) is 15.0 Å². The van der Waals surface area contributed by atoms with E-state index in [0.717, 1.165) is 5.69 Å². The molecule has 2 heterocycles. The predicted molar refractivity (Wildman–Crippen MR) is 88.4 cm³/mol. The van der Waals surface area contributed by atoms with Crippen LogP contribution in [0.15, 0.2) is 41.2 Å². The van der Waals surface area contributed by atoms with Gasteiger partial charge in [0.1, 0.15) is 11.5 Å². The molecule has 112 valence electrons.